The molecule has 6 nitrogen and oxygen atoms in total. The second-order valence-electron chi connectivity index (χ2n) is 6.72. The van der Waals surface area contributed by atoms with E-state index >= 15 is 0 Å². The van der Waals surface area contributed by atoms with Gasteiger partial charge in [-0.1, -0.05) is 30.3 Å². The maximum atomic E-state index is 12.8. The van der Waals surface area contributed by atoms with Crippen LogP contribution in [0.5, 0.6) is 5.75 Å². The van der Waals surface area contributed by atoms with Gasteiger partial charge in [0.1, 0.15) is 5.75 Å². The van der Waals surface area contributed by atoms with Crippen LogP contribution < -0.4 is 9.64 Å². The Kier molecular flexibility index (Phi) is 7.62. The molecule has 1 aromatic heterocycles. The van der Waals surface area contributed by atoms with Crippen LogP contribution in [0, 0.1) is 11.3 Å². The van der Waals surface area contributed by atoms with Crippen molar-refractivity contribution in [3.8, 4) is 23.1 Å². The molecule has 0 fully saturated rings. The molecule has 0 spiro atoms. The van der Waals surface area contributed by atoms with Crippen LogP contribution in [0.15, 0.2) is 65.2 Å². The maximum Gasteiger partial charge on any atom is 0.227 e. The van der Waals surface area contributed by atoms with E-state index < -0.39 is 0 Å². The fraction of sp³-hybridized carbons (Fsp3) is 0.292. The molecule has 0 aliphatic heterocycles. The smallest absolute Gasteiger partial charge is 0.227 e. The van der Waals surface area contributed by atoms with Crippen LogP contribution in [0.2, 0.25) is 0 Å². The van der Waals surface area contributed by atoms with Gasteiger partial charge in [-0.3, -0.25) is 4.79 Å². The van der Waals surface area contributed by atoms with Gasteiger partial charge >= 0.3 is 0 Å². The summed E-state index contributed by atoms with van der Waals surface area (Å²) in [7, 11) is 0. The van der Waals surface area contributed by atoms with Gasteiger partial charge in [-0.05, 0) is 37.6 Å². The number of aryl methyl sites for hydroxylation is 1. The van der Waals surface area contributed by atoms with Crippen molar-refractivity contribution in [1.29, 1.82) is 5.26 Å². The van der Waals surface area contributed by atoms with Gasteiger partial charge in [0, 0.05) is 30.6 Å². The van der Waals surface area contributed by atoms with Gasteiger partial charge in [-0.25, -0.2) is 4.98 Å². The molecule has 0 bridgehead atoms. The Morgan fingerprint density at radius 3 is 2.63 bits per heavy atom. The molecule has 0 unspecified atom stereocenters. The number of nitriles is 1. The van der Waals surface area contributed by atoms with Crippen LogP contribution in [0.4, 0.5) is 5.69 Å². The summed E-state index contributed by atoms with van der Waals surface area (Å²) in [5.41, 5.74) is 1.74. The third kappa shape index (κ3) is 5.71. The molecular formula is C24H25N3O3. The first-order valence-electron chi connectivity index (χ1n) is 10.1. The van der Waals surface area contributed by atoms with Crippen molar-refractivity contribution in [2.45, 2.75) is 32.6 Å². The number of ether oxygens (including phenoxy) is 1. The van der Waals surface area contributed by atoms with Crippen LogP contribution in [0.25, 0.3) is 11.3 Å². The van der Waals surface area contributed by atoms with Crippen LogP contribution in [0.1, 0.15) is 32.1 Å². The lowest BCUT2D eigenvalue weighted by molar-refractivity contribution is -0.118. The zero-order chi connectivity index (χ0) is 21.2. The van der Waals surface area contributed by atoms with Crippen LogP contribution >= 0.6 is 0 Å². The van der Waals surface area contributed by atoms with Crippen molar-refractivity contribution in [3.63, 3.8) is 0 Å². The number of carbonyl (C=O) groups excluding carboxylic acids is 1. The summed E-state index contributed by atoms with van der Waals surface area (Å²) in [6, 6.07) is 19.3. The largest absolute Gasteiger partial charge is 0.494 e. The van der Waals surface area contributed by atoms with E-state index in [0.29, 0.717) is 38.3 Å². The fourth-order valence-corrected chi connectivity index (χ4v) is 3.14. The topological polar surface area (TPSA) is 79.4 Å². The Bertz CT molecular complexity index is 975. The molecule has 2 aromatic carbocycles. The molecule has 0 saturated carbocycles. The summed E-state index contributed by atoms with van der Waals surface area (Å²) >= 11 is 0. The third-order valence-electron chi connectivity index (χ3n) is 4.60. The Labute approximate surface area is 176 Å². The summed E-state index contributed by atoms with van der Waals surface area (Å²) in [6.45, 7) is 2.87. The predicted molar refractivity (Wildman–Crippen MR) is 115 cm³/mol. The molecule has 0 atom stereocenters. The number of carbonyl (C=O) groups is 1. The van der Waals surface area contributed by atoms with Gasteiger partial charge in [0.25, 0.3) is 0 Å². The molecule has 0 N–H and O–H groups in total. The highest BCUT2D eigenvalue weighted by Crippen LogP contribution is 2.22. The fourth-order valence-electron chi connectivity index (χ4n) is 3.14. The quantitative estimate of drug-likeness (QED) is 0.475. The van der Waals surface area contributed by atoms with Gasteiger partial charge in [-0.15, -0.1) is 0 Å². The zero-order valence-corrected chi connectivity index (χ0v) is 17.1. The lowest BCUT2D eigenvalue weighted by Gasteiger charge is -2.22. The van der Waals surface area contributed by atoms with E-state index in [1.807, 2.05) is 61.5 Å². The predicted octanol–water partition coefficient (Wildman–Crippen LogP) is 5.01. The molecule has 6 heteroatoms. The number of hydrogen-bond acceptors (Lipinski definition) is 5. The molecule has 30 heavy (non-hydrogen) atoms. The van der Waals surface area contributed by atoms with Crippen molar-refractivity contribution in [2.24, 2.45) is 0 Å². The molecule has 0 saturated heterocycles. The number of hydrogen-bond donors (Lipinski definition) is 0. The summed E-state index contributed by atoms with van der Waals surface area (Å²) in [5.74, 6) is 2.07. The van der Waals surface area contributed by atoms with Crippen LogP contribution in [-0.4, -0.2) is 24.0 Å². The SMILES string of the molecule is CCOc1ccc(N(CCC#N)C(=O)CCCc2ncc(-c3ccccc3)o2)cc1. The van der Waals surface area contributed by atoms with Crippen LogP contribution in [-0.2, 0) is 11.2 Å². The van der Waals surface area contributed by atoms with Crippen molar-refractivity contribution in [3.05, 3.63) is 66.7 Å². The van der Waals surface area contributed by atoms with Crippen molar-refractivity contribution in [1.82, 2.24) is 4.98 Å². The number of nitrogens with zero attached hydrogens (tertiary/aromatic N) is 3. The van der Waals surface area contributed by atoms with E-state index in [2.05, 4.69) is 11.1 Å². The van der Waals surface area contributed by atoms with Gasteiger partial charge in [0.05, 0.1) is 25.3 Å². The molecule has 1 heterocycles. The van der Waals surface area contributed by atoms with E-state index in [9.17, 15) is 4.79 Å². The minimum Gasteiger partial charge on any atom is -0.494 e. The zero-order valence-electron chi connectivity index (χ0n) is 17.1. The van der Waals surface area contributed by atoms with Gasteiger partial charge < -0.3 is 14.1 Å². The second kappa shape index (κ2) is 10.8. The minimum absolute atomic E-state index is 0.0238. The Balaban J connectivity index is 1.58. The number of benzene rings is 2. The highest BCUT2D eigenvalue weighted by molar-refractivity contribution is 5.93. The van der Waals surface area contributed by atoms with Gasteiger partial charge in [0.2, 0.25) is 5.91 Å². The molecule has 0 aliphatic carbocycles. The van der Waals surface area contributed by atoms with E-state index in [0.717, 1.165) is 22.8 Å². The highest BCUT2D eigenvalue weighted by Gasteiger charge is 2.16. The lowest BCUT2D eigenvalue weighted by Crippen LogP contribution is -2.31. The first kappa shape index (κ1) is 21.1. The standard InChI is InChI=1S/C24H25N3O3/c1-2-29-21-14-12-20(13-15-21)27(17-7-16-25)24(28)11-6-10-23-26-18-22(30-23)19-8-4-3-5-9-19/h3-5,8-9,12-15,18H,2,6-7,10-11,17H2,1H3. The van der Waals surface area contributed by atoms with E-state index in [4.69, 9.17) is 14.4 Å². The molecule has 3 rings (SSSR count). The van der Waals surface area contributed by atoms with Crippen molar-refractivity contribution >= 4 is 11.6 Å². The third-order valence-corrected chi connectivity index (χ3v) is 4.60. The monoisotopic (exact) mass is 403 g/mol. The minimum atomic E-state index is -0.0238. The average Bonchev–Trinajstić information content (AvgIpc) is 3.25. The van der Waals surface area contributed by atoms with E-state index in [1.54, 1.807) is 11.1 Å². The van der Waals surface area contributed by atoms with Crippen molar-refractivity contribution < 1.29 is 13.9 Å². The second-order valence-corrected chi connectivity index (χ2v) is 6.72. The van der Waals surface area contributed by atoms with Crippen molar-refractivity contribution in [2.75, 3.05) is 18.1 Å². The summed E-state index contributed by atoms with van der Waals surface area (Å²) < 4.78 is 11.3. The molecule has 0 radical (unpaired) electrons. The Morgan fingerprint density at radius 1 is 1.17 bits per heavy atom. The first-order chi connectivity index (χ1) is 14.7. The number of amides is 1. The number of aromatic nitrogens is 1. The summed E-state index contributed by atoms with van der Waals surface area (Å²) in [5, 5.41) is 8.95. The maximum absolute atomic E-state index is 12.8. The summed E-state index contributed by atoms with van der Waals surface area (Å²) in [6.07, 6.45) is 3.54. The molecule has 1 amide bonds. The summed E-state index contributed by atoms with van der Waals surface area (Å²) in [4.78, 5) is 18.8. The number of anilines is 1. The van der Waals surface area contributed by atoms with E-state index in [-0.39, 0.29) is 12.3 Å². The Morgan fingerprint density at radius 2 is 1.93 bits per heavy atom. The normalized spacial score (nSPS) is 10.4. The molecule has 3 aromatic rings. The van der Waals surface area contributed by atoms with Gasteiger partial charge in [-0.2, -0.15) is 5.26 Å². The Hall–Kier alpha value is -3.59. The molecule has 154 valence electrons. The van der Waals surface area contributed by atoms with Crippen LogP contribution in [0.3, 0.4) is 0 Å². The highest BCUT2D eigenvalue weighted by atomic mass is 16.5. The first-order valence-corrected chi connectivity index (χ1v) is 10.1. The average molecular weight is 403 g/mol. The number of rotatable bonds is 10. The van der Waals surface area contributed by atoms with Gasteiger partial charge in [0.15, 0.2) is 11.7 Å². The molecular weight excluding hydrogens is 378 g/mol. The van der Waals surface area contributed by atoms with E-state index in [1.165, 1.54) is 0 Å². The lowest BCUT2D eigenvalue weighted by atomic mass is 10.2. The molecule has 0 aliphatic rings. The number of oxazole rings is 1.